The van der Waals surface area contributed by atoms with E-state index in [1.165, 1.54) is 12.1 Å². The van der Waals surface area contributed by atoms with Crippen molar-refractivity contribution in [3.8, 4) is 0 Å². The molecule has 0 spiro atoms. The zero-order valence-corrected chi connectivity index (χ0v) is 17.2. The maximum atomic E-state index is 12.8. The fourth-order valence-corrected chi connectivity index (χ4v) is 3.49. The molecule has 3 rings (SSSR count). The predicted octanol–water partition coefficient (Wildman–Crippen LogP) is 4.25. The number of anilines is 1. The first-order valence-corrected chi connectivity index (χ1v) is 9.71. The summed E-state index contributed by atoms with van der Waals surface area (Å²) in [6.45, 7) is 3.03. The summed E-state index contributed by atoms with van der Waals surface area (Å²) >= 11 is 5.99. The van der Waals surface area contributed by atoms with Crippen molar-refractivity contribution in [1.82, 2.24) is 15.2 Å². The van der Waals surface area contributed by atoms with Gasteiger partial charge in [-0.05, 0) is 18.6 Å². The molecular weight excluding hydrogens is 439 g/mol. The number of hydrogen-bond donors (Lipinski definition) is 1. The number of hydrogen-bond acceptors (Lipinski definition) is 5. The second-order valence-corrected chi connectivity index (χ2v) is 7.43. The molecule has 31 heavy (non-hydrogen) atoms. The van der Waals surface area contributed by atoms with Crippen molar-refractivity contribution in [3.63, 3.8) is 0 Å². The van der Waals surface area contributed by atoms with Crippen LogP contribution in [0.25, 0.3) is 0 Å². The second kappa shape index (κ2) is 8.96. The van der Waals surface area contributed by atoms with Gasteiger partial charge in [0.25, 0.3) is 5.69 Å². The maximum Gasteiger partial charge on any atom is 0.417 e. The van der Waals surface area contributed by atoms with E-state index in [1.54, 1.807) is 28.9 Å². The molecule has 0 radical (unpaired) electrons. The molecule has 1 unspecified atom stereocenters. The monoisotopic (exact) mass is 457 g/mol. The summed E-state index contributed by atoms with van der Waals surface area (Å²) in [5, 5.41) is 13.6. The average Bonchev–Trinajstić information content (AvgIpc) is 2.73. The topological polar surface area (TPSA) is 91.6 Å². The molecule has 12 heteroatoms. The van der Waals surface area contributed by atoms with Crippen molar-refractivity contribution >= 4 is 29.1 Å². The highest BCUT2D eigenvalue weighted by atomic mass is 35.5. The summed E-state index contributed by atoms with van der Waals surface area (Å²) in [5.74, 6) is 0.236. The fraction of sp³-hybridized carbons (Fsp3) is 0.368. The normalized spacial score (nSPS) is 15.5. The van der Waals surface area contributed by atoms with Crippen LogP contribution in [0, 0.1) is 10.1 Å². The Bertz CT molecular complexity index is 981. The van der Waals surface area contributed by atoms with E-state index in [4.69, 9.17) is 11.6 Å². The zero-order chi connectivity index (χ0) is 22.8. The van der Waals surface area contributed by atoms with Crippen molar-refractivity contribution in [3.05, 3.63) is 62.8 Å². The number of nitro groups is 1. The Morgan fingerprint density at radius 1 is 1.26 bits per heavy atom. The molecule has 0 aliphatic carbocycles. The SMILES string of the molecule is CC(NC(=O)N1CCN(c2ncc(C(F)(F)F)cc2Cl)CC1)c1cccc([N+](=O)[O-])c1. The highest BCUT2D eigenvalue weighted by molar-refractivity contribution is 6.33. The van der Waals surface area contributed by atoms with Crippen LogP contribution in [0.1, 0.15) is 24.1 Å². The van der Waals surface area contributed by atoms with E-state index < -0.39 is 22.7 Å². The van der Waals surface area contributed by atoms with E-state index in [-0.39, 0.29) is 22.6 Å². The summed E-state index contributed by atoms with van der Waals surface area (Å²) in [5.41, 5.74) is -0.385. The molecule has 1 N–H and O–H groups in total. The van der Waals surface area contributed by atoms with E-state index in [1.807, 2.05) is 0 Å². The molecule has 2 aromatic rings. The minimum absolute atomic E-state index is 0.0619. The third-order valence-corrected chi connectivity index (χ3v) is 5.21. The third-order valence-electron chi connectivity index (χ3n) is 4.94. The molecule has 166 valence electrons. The summed E-state index contributed by atoms with van der Waals surface area (Å²) in [6.07, 6.45) is -3.79. The molecule has 0 saturated carbocycles. The molecular formula is C19H19ClF3N5O3. The Morgan fingerprint density at radius 3 is 2.52 bits per heavy atom. The number of carbonyl (C=O) groups excluding carboxylic acids is 1. The summed E-state index contributed by atoms with van der Waals surface area (Å²) < 4.78 is 38.3. The Morgan fingerprint density at radius 2 is 1.94 bits per heavy atom. The Labute approximate surface area is 180 Å². The van der Waals surface area contributed by atoms with Crippen LogP contribution in [0.2, 0.25) is 5.02 Å². The largest absolute Gasteiger partial charge is 0.417 e. The van der Waals surface area contributed by atoms with Gasteiger partial charge in [0.1, 0.15) is 5.82 Å². The van der Waals surface area contributed by atoms with Gasteiger partial charge in [0, 0.05) is 44.5 Å². The van der Waals surface area contributed by atoms with Crippen molar-refractivity contribution < 1.29 is 22.9 Å². The van der Waals surface area contributed by atoms with Gasteiger partial charge in [0.05, 0.1) is 21.6 Å². The summed E-state index contributed by atoms with van der Waals surface area (Å²) in [4.78, 5) is 30.1. The number of amides is 2. The molecule has 1 aromatic carbocycles. The summed E-state index contributed by atoms with van der Waals surface area (Å²) in [7, 11) is 0. The van der Waals surface area contributed by atoms with Gasteiger partial charge < -0.3 is 15.1 Å². The van der Waals surface area contributed by atoms with E-state index in [2.05, 4.69) is 10.3 Å². The smallest absolute Gasteiger partial charge is 0.352 e. The number of urea groups is 1. The molecule has 1 aliphatic heterocycles. The Kier molecular flexibility index (Phi) is 6.54. The first kappa shape index (κ1) is 22.6. The molecule has 2 amide bonds. The van der Waals surface area contributed by atoms with Gasteiger partial charge >= 0.3 is 12.2 Å². The predicted molar refractivity (Wildman–Crippen MR) is 108 cm³/mol. The fourth-order valence-electron chi connectivity index (χ4n) is 3.21. The quantitative estimate of drug-likeness (QED) is 0.547. The highest BCUT2D eigenvalue weighted by Crippen LogP contribution is 2.33. The number of piperazine rings is 1. The lowest BCUT2D eigenvalue weighted by Gasteiger charge is -2.36. The van der Waals surface area contributed by atoms with Crippen molar-refractivity contribution in [2.45, 2.75) is 19.1 Å². The van der Waals surface area contributed by atoms with Gasteiger partial charge in [-0.1, -0.05) is 23.7 Å². The molecule has 1 aromatic heterocycles. The number of nitrogens with one attached hydrogen (secondary N) is 1. The van der Waals surface area contributed by atoms with E-state index in [0.29, 0.717) is 31.7 Å². The van der Waals surface area contributed by atoms with Gasteiger partial charge in [-0.2, -0.15) is 13.2 Å². The van der Waals surface area contributed by atoms with Crippen molar-refractivity contribution in [2.75, 3.05) is 31.1 Å². The van der Waals surface area contributed by atoms with Gasteiger partial charge in [-0.3, -0.25) is 10.1 Å². The number of pyridine rings is 1. The molecule has 2 heterocycles. The highest BCUT2D eigenvalue weighted by Gasteiger charge is 2.32. The standard InChI is InChI=1S/C19H19ClF3N5O3/c1-12(13-3-2-4-15(9-13)28(30)31)25-18(29)27-7-5-26(6-8-27)17-16(20)10-14(11-24-17)19(21,22)23/h2-4,9-12H,5-8H2,1H3,(H,25,29). The molecule has 0 bridgehead atoms. The number of nitro benzene ring substituents is 1. The second-order valence-electron chi connectivity index (χ2n) is 7.02. The van der Waals surface area contributed by atoms with Crippen LogP contribution in [-0.4, -0.2) is 47.0 Å². The van der Waals surface area contributed by atoms with Gasteiger partial charge in [-0.25, -0.2) is 9.78 Å². The van der Waals surface area contributed by atoms with E-state index in [0.717, 1.165) is 12.3 Å². The Balaban J connectivity index is 1.59. The third kappa shape index (κ3) is 5.35. The number of halogens is 4. The van der Waals surface area contributed by atoms with Crippen LogP contribution < -0.4 is 10.2 Å². The number of non-ortho nitro benzene ring substituents is 1. The van der Waals surface area contributed by atoms with Crippen LogP contribution in [0.4, 0.5) is 29.5 Å². The van der Waals surface area contributed by atoms with Crippen LogP contribution in [0.5, 0.6) is 0 Å². The van der Waals surface area contributed by atoms with Crippen LogP contribution in [-0.2, 0) is 6.18 Å². The van der Waals surface area contributed by atoms with Gasteiger partial charge in [0.15, 0.2) is 0 Å². The zero-order valence-electron chi connectivity index (χ0n) is 16.4. The number of aromatic nitrogens is 1. The molecule has 1 aliphatic rings. The minimum atomic E-state index is -4.53. The number of benzene rings is 1. The van der Waals surface area contributed by atoms with E-state index in [9.17, 15) is 28.1 Å². The minimum Gasteiger partial charge on any atom is -0.352 e. The van der Waals surface area contributed by atoms with Gasteiger partial charge in [-0.15, -0.1) is 0 Å². The summed E-state index contributed by atoms with van der Waals surface area (Å²) in [6, 6.07) is 6.06. The molecule has 1 atom stereocenters. The van der Waals surface area contributed by atoms with Gasteiger partial charge in [0.2, 0.25) is 0 Å². The lowest BCUT2D eigenvalue weighted by molar-refractivity contribution is -0.384. The first-order valence-electron chi connectivity index (χ1n) is 9.33. The number of rotatable bonds is 4. The van der Waals surface area contributed by atoms with Crippen LogP contribution in [0.3, 0.4) is 0 Å². The average molecular weight is 458 g/mol. The number of nitrogens with zero attached hydrogens (tertiary/aromatic N) is 4. The first-order chi connectivity index (χ1) is 14.6. The number of alkyl halides is 3. The van der Waals surface area contributed by atoms with Crippen molar-refractivity contribution in [1.29, 1.82) is 0 Å². The van der Waals surface area contributed by atoms with Crippen LogP contribution >= 0.6 is 11.6 Å². The van der Waals surface area contributed by atoms with Crippen LogP contribution in [0.15, 0.2) is 36.5 Å². The lowest BCUT2D eigenvalue weighted by atomic mass is 10.1. The Hall–Kier alpha value is -3.08. The lowest BCUT2D eigenvalue weighted by Crippen LogP contribution is -2.52. The number of carbonyl (C=O) groups is 1. The van der Waals surface area contributed by atoms with Crippen molar-refractivity contribution in [2.24, 2.45) is 0 Å². The molecule has 8 nitrogen and oxygen atoms in total. The van der Waals surface area contributed by atoms with E-state index >= 15 is 0 Å². The maximum absolute atomic E-state index is 12.8. The molecule has 1 saturated heterocycles. The molecule has 1 fully saturated rings.